The van der Waals surface area contributed by atoms with Crippen LogP contribution in [0.5, 0.6) is 0 Å². The number of carbonyl (C=O) groups is 2. The lowest BCUT2D eigenvalue weighted by Gasteiger charge is -2.10. The number of esters is 1. The van der Waals surface area contributed by atoms with Gasteiger partial charge in [0.25, 0.3) is 0 Å². The maximum atomic E-state index is 13.6. The molecule has 124 valence electrons. The summed E-state index contributed by atoms with van der Waals surface area (Å²) in [6, 6.07) is 9.47. The van der Waals surface area contributed by atoms with Gasteiger partial charge in [0.2, 0.25) is 5.91 Å². The van der Waals surface area contributed by atoms with Crippen LogP contribution in [0.1, 0.15) is 17.4 Å². The Labute approximate surface area is 141 Å². The molecule has 3 rings (SSSR count). The molecule has 0 bridgehead atoms. The second-order valence-corrected chi connectivity index (χ2v) is 5.98. The summed E-state index contributed by atoms with van der Waals surface area (Å²) in [6.07, 6.45) is 0. The van der Waals surface area contributed by atoms with Crippen molar-refractivity contribution >= 4 is 39.1 Å². The highest BCUT2D eigenvalue weighted by Gasteiger charge is 2.19. The number of fused-ring (bicyclic) bond motifs is 1. The summed E-state index contributed by atoms with van der Waals surface area (Å²) >= 11 is 1.47. The average Bonchev–Trinajstić information content (AvgIpc) is 3.12. The van der Waals surface area contributed by atoms with Crippen LogP contribution in [0.3, 0.4) is 0 Å². The molecule has 0 aliphatic heterocycles. The van der Waals surface area contributed by atoms with Gasteiger partial charge >= 0.3 is 5.97 Å². The van der Waals surface area contributed by atoms with Crippen LogP contribution in [0.4, 0.5) is 10.1 Å². The molecule has 0 unspecified atom stereocenters. The number of aromatic nitrogens is 1. The van der Waals surface area contributed by atoms with E-state index in [0.29, 0.717) is 5.69 Å². The highest BCUT2D eigenvalue weighted by atomic mass is 32.1. The Morgan fingerprint density at radius 2 is 2.08 bits per heavy atom. The van der Waals surface area contributed by atoms with Gasteiger partial charge in [0, 0.05) is 0 Å². The minimum Gasteiger partial charge on any atom is -0.461 e. The number of ether oxygens (including phenoxy) is 1. The van der Waals surface area contributed by atoms with Crippen molar-refractivity contribution in [2.45, 2.75) is 13.5 Å². The van der Waals surface area contributed by atoms with E-state index in [1.165, 1.54) is 23.5 Å². The van der Waals surface area contributed by atoms with Crippen molar-refractivity contribution in [3.8, 4) is 0 Å². The van der Waals surface area contributed by atoms with E-state index in [0.717, 1.165) is 10.2 Å². The standard InChI is InChI=1S/C17H15FN2O3S/c1-2-23-17(22)14-9-15-13(7-8-24-15)20(14)10-16(21)19-12-6-4-3-5-11(12)18/h3-9H,2,10H2,1H3,(H,19,21). The fourth-order valence-electron chi connectivity index (χ4n) is 2.42. The SMILES string of the molecule is CCOC(=O)c1cc2sccc2n1CC(=O)Nc1ccccc1F. The Morgan fingerprint density at radius 1 is 1.29 bits per heavy atom. The van der Waals surface area contributed by atoms with Gasteiger partial charge in [-0.2, -0.15) is 0 Å². The molecule has 2 aromatic heterocycles. The van der Waals surface area contributed by atoms with E-state index < -0.39 is 17.7 Å². The number of para-hydroxylation sites is 1. The van der Waals surface area contributed by atoms with Gasteiger partial charge in [-0.05, 0) is 36.6 Å². The van der Waals surface area contributed by atoms with Crippen LogP contribution in [0.15, 0.2) is 41.8 Å². The highest BCUT2D eigenvalue weighted by molar-refractivity contribution is 7.17. The Hall–Kier alpha value is -2.67. The van der Waals surface area contributed by atoms with Crippen LogP contribution < -0.4 is 5.32 Å². The fourth-order valence-corrected chi connectivity index (χ4v) is 3.24. The fraction of sp³-hybridized carbons (Fsp3) is 0.176. The first kappa shape index (κ1) is 16.2. The molecule has 24 heavy (non-hydrogen) atoms. The maximum Gasteiger partial charge on any atom is 0.355 e. The number of nitrogens with one attached hydrogen (secondary N) is 1. The Balaban J connectivity index is 1.87. The molecule has 0 atom stereocenters. The van der Waals surface area contributed by atoms with E-state index in [2.05, 4.69) is 5.32 Å². The average molecular weight is 346 g/mol. The molecule has 7 heteroatoms. The molecule has 1 amide bonds. The molecule has 0 radical (unpaired) electrons. The summed E-state index contributed by atoms with van der Waals surface area (Å²) < 4.78 is 21.2. The second-order valence-electron chi connectivity index (χ2n) is 5.03. The van der Waals surface area contributed by atoms with Crippen LogP contribution in [0.2, 0.25) is 0 Å². The van der Waals surface area contributed by atoms with E-state index in [-0.39, 0.29) is 18.8 Å². The normalized spacial score (nSPS) is 10.8. The van der Waals surface area contributed by atoms with Crippen LogP contribution in [-0.4, -0.2) is 23.1 Å². The van der Waals surface area contributed by atoms with Gasteiger partial charge < -0.3 is 14.6 Å². The Morgan fingerprint density at radius 3 is 2.83 bits per heavy atom. The number of hydrogen-bond donors (Lipinski definition) is 1. The number of rotatable bonds is 5. The zero-order chi connectivity index (χ0) is 17.1. The first-order valence-electron chi connectivity index (χ1n) is 7.38. The molecule has 1 N–H and O–H groups in total. The third kappa shape index (κ3) is 3.16. The minimum absolute atomic E-state index is 0.105. The van der Waals surface area contributed by atoms with Gasteiger partial charge in [0.1, 0.15) is 18.1 Å². The predicted molar refractivity (Wildman–Crippen MR) is 90.8 cm³/mol. The number of halogens is 1. The molecular weight excluding hydrogens is 331 g/mol. The van der Waals surface area contributed by atoms with Crippen molar-refractivity contribution < 1.29 is 18.7 Å². The van der Waals surface area contributed by atoms with E-state index in [9.17, 15) is 14.0 Å². The van der Waals surface area contributed by atoms with Gasteiger partial charge in [-0.25, -0.2) is 9.18 Å². The summed E-state index contributed by atoms with van der Waals surface area (Å²) in [4.78, 5) is 24.4. The van der Waals surface area contributed by atoms with E-state index in [4.69, 9.17) is 4.74 Å². The number of nitrogens with zero attached hydrogens (tertiary/aromatic N) is 1. The van der Waals surface area contributed by atoms with Crippen molar-refractivity contribution in [2.24, 2.45) is 0 Å². The van der Waals surface area contributed by atoms with E-state index in [1.807, 2.05) is 11.4 Å². The van der Waals surface area contributed by atoms with Crippen LogP contribution >= 0.6 is 11.3 Å². The van der Waals surface area contributed by atoms with Gasteiger partial charge in [-0.15, -0.1) is 11.3 Å². The summed E-state index contributed by atoms with van der Waals surface area (Å²) in [5.41, 5.74) is 1.18. The van der Waals surface area contributed by atoms with E-state index >= 15 is 0 Å². The van der Waals surface area contributed by atoms with Crippen LogP contribution in [-0.2, 0) is 16.1 Å². The number of hydrogen-bond acceptors (Lipinski definition) is 4. The lowest BCUT2D eigenvalue weighted by Crippen LogP contribution is -2.22. The van der Waals surface area contributed by atoms with E-state index in [1.54, 1.807) is 29.7 Å². The van der Waals surface area contributed by atoms with Gasteiger partial charge in [0.05, 0.1) is 22.5 Å². The molecule has 0 aliphatic carbocycles. The second kappa shape index (κ2) is 6.84. The number of benzene rings is 1. The molecule has 0 saturated heterocycles. The summed E-state index contributed by atoms with van der Waals surface area (Å²) in [6.45, 7) is 1.86. The zero-order valence-corrected chi connectivity index (χ0v) is 13.7. The van der Waals surface area contributed by atoms with Crippen molar-refractivity contribution in [1.29, 1.82) is 0 Å². The number of amides is 1. The minimum atomic E-state index is -0.510. The number of anilines is 1. The third-order valence-electron chi connectivity index (χ3n) is 3.46. The van der Waals surface area contributed by atoms with Crippen molar-refractivity contribution in [2.75, 3.05) is 11.9 Å². The molecule has 5 nitrogen and oxygen atoms in total. The molecule has 3 aromatic rings. The quantitative estimate of drug-likeness (QED) is 0.717. The van der Waals surface area contributed by atoms with Gasteiger partial charge in [-0.3, -0.25) is 4.79 Å². The smallest absolute Gasteiger partial charge is 0.355 e. The topological polar surface area (TPSA) is 60.3 Å². The van der Waals surface area contributed by atoms with Crippen LogP contribution in [0.25, 0.3) is 10.2 Å². The van der Waals surface area contributed by atoms with Crippen molar-refractivity contribution in [3.05, 3.63) is 53.3 Å². The molecule has 1 aromatic carbocycles. The molecular formula is C17H15FN2O3S. The van der Waals surface area contributed by atoms with Gasteiger partial charge in [-0.1, -0.05) is 12.1 Å². The third-order valence-corrected chi connectivity index (χ3v) is 4.31. The molecule has 0 fully saturated rings. The monoisotopic (exact) mass is 346 g/mol. The maximum absolute atomic E-state index is 13.6. The zero-order valence-electron chi connectivity index (χ0n) is 12.9. The molecule has 0 saturated carbocycles. The summed E-state index contributed by atoms with van der Waals surface area (Å²) in [5, 5.41) is 4.40. The van der Waals surface area contributed by atoms with Crippen LogP contribution in [0, 0.1) is 5.82 Å². The van der Waals surface area contributed by atoms with Gasteiger partial charge in [0.15, 0.2) is 0 Å². The summed E-state index contributed by atoms with van der Waals surface area (Å²) in [7, 11) is 0. The largest absolute Gasteiger partial charge is 0.461 e. The Kier molecular flexibility index (Phi) is 4.61. The molecule has 0 aliphatic rings. The number of thiophene rings is 1. The highest BCUT2D eigenvalue weighted by Crippen LogP contribution is 2.26. The van der Waals surface area contributed by atoms with Crippen molar-refractivity contribution in [1.82, 2.24) is 4.57 Å². The Bertz CT molecular complexity index is 900. The van der Waals surface area contributed by atoms with Crippen molar-refractivity contribution in [3.63, 3.8) is 0 Å². The predicted octanol–water partition coefficient (Wildman–Crippen LogP) is 3.66. The first-order valence-corrected chi connectivity index (χ1v) is 8.26. The lowest BCUT2D eigenvalue weighted by atomic mass is 10.3. The number of carbonyl (C=O) groups excluding carboxylic acids is 2. The lowest BCUT2D eigenvalue weighted by molar-refractivity contribution is -0.116. The molecule has 2 heterocycles. The summed E-state index contributed by atoms with van der Waals surface area (Å²) in [5.74, 6) is -1.42. The first-order chi connectivity index (χ1) is 11.6. The molecule has 0 spiro atoms.